The fourth-order valence-electron chi connectivity index (χ4n) is 1.50. The molecule has 0 atom stereocenters. The number of carbonyl (C=O) groups is 1. The number of carbonyl (C=O) groups excluding carboxylic acids is 1. The quantitative estimate of drug-likeness (QED) is 0.811. The lowest BCUT2D eigenvalue weighted by atomic mass is 10.2. The van der Waals surface area contributed by atoms with Crippen LogP contribution in [0.15, 0.2) is 10.9 Å². The van der Waals surface area contributed by atoms with Gasteiger partial charge in [0.15, 0.2) is 5.88 Å². The number of hydrogen-bond donors (Lipinski definition) is 2. The van der Waals surface area contributed by atoms with Crippen molar-refractivity contribution in [3.05, 3.63) is 27.5 Å². The van der Waals surface area contributed by atoms with E-state index in [1.165, 1.54) is 10.6 Å². The molecule has 0 saturated carbocycles. The zero-order chi connectivity index (χ0) is 13.0. The number of pyridine rings is 1. The third-order valence-corrected chi connectivity index (χ3v) is 2.77. The van der Waals surface area contributed by atoms with Crippen LogP contribution in [-0.2, 0) is 11.3 Å². The Kier molecular flexibility index (Phi) is 4.31. The van der Waals surface area contributed by atoms with Crippen LogP contribution in [0.25, 0.3) is 0 Å². The zero-order valence-electron chi connectivity index (χ0n) is 10.4. The summed E-state index contributed by atoms with van der Waals surface area (Å²) in [6.07, 6.45) is 0.411. The molecule has 1 heterocycles. The van der Waals surface area contributed by atoms with E-state index in [1.807, 2.05) is 0 Å². The molecule has 0 aromatic carbocycles. The minimum absolute atomic E-state index is 0.0271. The molecule has 17 heavy (non-hydrogen) atoms. The van der Waals surface area contributed by atoms with Crippen LogP contribution in [0.5, 0.6) is 5.88 Å². The minimum Gasteiger partial charge on any atom is -0.494 e. The fraction of sp³-hybridized carbons (Fsp3) is 0.500. The van der Waals surface area contributed by atoms with E-state index >= 15 is 0 Å². The molecule has 0 aliphatic rings. The second-order valence-corrected chi connectivity index (χ2v) is 3.97. The highest BCUT2D eigenvalue weighted by Gasteiger charge is 2.08. The van der Waals surface area contributed by atoms with Gasteiger partial charge in [-0.3, -0.25) is 14.2 Å². The highest BCUT2D eigenvalue weighted by atomic mass is 16.3. The summed E-state index contributed by atoms with van der Waals surface area (Å²) in [5.41, 5.74) is 1.20. The molecule has 0 fully saturated rings. The Labute approximate surface area is 100 Å². The topological polar surface area (TPSA) is 71.3 Å². The SMILES string of the molecule is CCC(=O)NCCn1c(O)c(C)c(C)cc1=O. The van der Waals surface area contributed by atoms with Crippen molar-refractivity contribution in [1.82, 2.24) is 9.88 Å². The van der Waals surface area contributed by atoms with Crippen molar-refractivity contribution in [2.24, 2.45) is 0 Å². The molecular weight excluding hydrogens is 220 g/mol. The van der Waals surface area contributed by atoms with E-state index in [0.717, 1.165) is 5.56 Å². The Hall–Kier alpha value is -1.78. The number of amides is 1. The summed E-state index contributed by atoms with van der Waals surface area (Å²) in [4.78, 5) is 22.7. The molecule has 0 aliphatic carbocycles. The van der Waals surface area contributed by atoms with Crippen LogP contribution in [0.4, 0.5) is 0 Å². The van der Waals surface area contributed by atoms with Crippen molar-refractivity contribution in [1.29, 1.82) is 0 Å². The first kappa shape index (κ1) is 13.3. The molecule has 94 valence electrons. The van der Waals surface area contributed by atoms with Gasteiger partial charge in [0.25, 0.3) is 5.56 Å². The second kappa shape index (κ2) is 5.52. The average molecular weight is 238 g/mol. The molecule has 0 radical (unpaired) electrons. The lowest BCUT2D eigenvalue weighted by Gasteiger charge is -2.12. The van der Waals surface area contributed by atoms with E-state index in [1.54, 1.807) is 20.8 Å². The van der Waals surface area contributed by atoms with E-state index < -0.39 is 0 Å². The summed E-state index contributed by atoms with van der Waals surface area (Å²) in [5, 5.41) is 12.5. The average Bonchev–Trinajstić information content (AvgIpc) is 2.30. The van der Waals surface area contributed by atoms with Gasteiger partial charge in [-0.15, -0.1) is 0 Å². The lowest BCUT2D eigenvalue weighted by molar-refractivity contribution is -0.120. The molecule has 0 saturated heterocycles. The van der Waals surface area contributed by atoms with Gasteiger partial charge >= 0.3 is 0 Å². The molecule has 0 aliphatic heterocycles. The summed E-state index contributed by atoms with van der Waals surface area (Å²) in [5.74, 6) is -0.0953. The van der Waals surface area contributed by atoms with Crippen LogP contribution in [0.1, 0.15) is 24.5 Å². The van der Waals surface area contributed by atoms with Gasteiger partial charge in [0.2, 0.25) is 5.91 Å². The van der Waals surface area contributed by atoms with Gasteiger partial charge in [-0.25, -0.2) is 0 Å². The third-order valence-electron chi connectivity index (χ3n) is 2.77. The van der Waals surface area contributed by atoms with Gasteiger partial charge in [-0.2, -0.15) is 0 Å². The Morgan fingerprint density at radius 3 is 2.71 bits per heavy atom. The molecule has 2 N–H and O–H groups in total. The highest BCUT2D eigenvalue weighted by molar-refractivity contribution is 5.75. The van der Waals surface area contributed by atoms with Crippen molar-refractivity contribution >= 4 is 5.91 Å². The normalized spacial score (nSPS) is 10.3. The van der Waals surface area contributed by atoms with E-state index in [-0.39, 0.29) is 23.9 Å². The molecule has 1 aromatic heterocycles. The van der Waals surface area contributed by atoms with E-state index in [0.29, 0.717) is 18.5 Å². The van der Waals surface area contributed by atoms with Gasteiger partial charge in [0, 0.05) is 31.1 Å². The Bertz CT molecular complexity index is 477. The minimum atomic E-state index is -0.253. The summed E-state index contributed by atoms with van der Waals surface area (Å²) < 4.78 is 1.26. The van der Waals surface area contributed by atoms with Gasteiger partial charge in [0.05, 0.1) is 0 Å². The van der Waals surface area contributed by atoms with Crippen LogP contribution >= 0.6 is 0 Å². The van der Waals surface area contributed by atoms with Gasteiger partial charge < -0.3 is 10.4 Å². The van der Waals surface area contributed by atoms with Crippen LogP contribution < -0.4 is 10.9 Å². The number of aryl methyl sites for hydroxylation is 1. The molecule has 0 unspecified atom stereocenters. The molecule has 1 amide bonds. The van der Waals surface area contributed by atoms with Gasteiger partial charge in [0.1, 0.15) is 0 Å². The highest BCUT2D eigenvalue weighted by Crippen LogP contribution is 2.16. The van der Waals surface area contributed by atoms with Crippen molar-refractivity contribution in [2.45, 2.75) is 33.7 Å². The first-order valence-corrected chi connectivity index (χ1v) is 5.64. The molecule has 1 rings (SSSR count). The van der Waals surface area contributed by atoms with Crippen molar-refractivity contribution in [3.8, 4) is 5.88 Å². The summed E-state index contributed by atoms with van der Waals surface area (Å²) >= 11 is 0. The Balaban J connectivity index is 2.82. The standard InChI is InChI=1S/C12H18N2O3/c1-4-10(15)13-5-6-14-11(16)7-8(2)9(3)12(14)17/h7,17H,4-6H2,1-3H3,(H,13,15). The number of nitrogens with one attached hydrogen (secondary N) is 1. The van der Waals surface area contributed by atoms with E-state index in [4.69, 9.17) is 0 Å². The first-order chi connectivity index (χ1) is 7.97. The molecule has 5 heteroatoms. The van der Waals surface area contributed by atoms with Crippen LogP contribution in [0, 0.1) is 13.8 Å². The molecule has 5 nitrogen and oxygen atoms in total. The van der Waals surface area contributed by atoms with Crippen LogP contribution in [-0.4, -0.2) is 22.1 Å². The molecule has 0 bridgehead atoms. The van der Waals surface area contributed by atoms with E-state index in [2.05, 4.69) is 5.32 Å². The number of rotatable bonds is 4. The van der Waals surface area contributed by atoms with Gasteiger partial charge in [-0.1, -0.05) is 6.92 Å². The lowest BCUT2D eigenvalue weighted by Crippen LogP contribution is -2.30. The number of aromatic hydroxyl groups is 1. The molecule has 0 spiro atoms. The van der Waals surface area contributed by atoms with Crippen LogP contribution in [0.3, 0.4) is 0 Å². The monoisotopic (exact) mass is 238 g/mol. The largest absolute Gasteiger partial charge is 0.494 e. The van der Waals surface area contributed by atoms with E-state index in [9.17, 15) is 14.7 Å². The fourth-order valence-corrected chi connectivity index (χ4v) is 1.50. The zero-order valence-corrected chi connectivity index (χ0v) is 10.4. The molecule has 1 aromatic rings. The number of hydrogen-bond acceptors (Lipinski definition) is 3. The van der Waals surface area contributed by atoms with Crippen molar-refractivity contribution < 1.29 is 9.90 Å². The van der Waals surface area contributed by atoms with Crippen molar-refractivity contribution in [2.75, 3.05) is 6.54 Å². The maximum Gasteiger partial charge on any atom is 0.253 e. The Morgan fingerprint density at radius 2 is 2.12 bits per heavy atom. The summed E-state index contributed by atoms with van der Waals surface area (Å²) in [6.45, 7) is 5.90. The maximum absolute atomic E-state index is 11.6. The number of aromatic nitrogens is 1. The van der Waals surface area contributed by atoms with Crippen LogP contribution in [0.2, 0.25) is 0 Å². The third kappa shape index (κ3) is 3.09. The predicted molar refractivity (Wildman–Crippen MR) is 65.1 cm³/mol. The predicted octanol–water partition coefficient (Wildman–Crippen LogP) is 0.697. The summed E-state index contributed by atoms with van der Waals surface area (Å²) in [6, 6.07) is 1.48. The molecular formula is C12H18N2O3. The second-order valence-electron chi connectivity index (χ2n) is 3.97. The first-order valence-electron chi connectivity index (χ1n) is 5.64. The smallest absolute Gasteiger partial charge is 0.253 e. The van der Waals surface area contributed by atoms with Crippen molar-refractivity contribution in [3.63, 3.8) is 0 Å². The maximum atomic E-state index is 11.6. The Morgan fingerprint density at radius 1 is 1.47 bits per heavy atom. The number of nitrogens with zero attached hydrogens (tertiary/aromatic N) is 1. The van der Waals surface area contributed by atoms with Gasteiger partial charge in [-0.05, 0) is 19.4 Å². The summed E-state index contributed by atoms with van der Waals surface area (Å²) in [7, 11) is 0.